The van der Waals surface area contributed by atoms with Gasteiger partial charge < -0.3 is 14.8 Å². The Labute approximate surface area is 121 Å². The van der Waals surface area contributed by atoms with E-state index in [-0.39, 0.29) is 0 Å². The van der Waals surface area contributed by atoms with Crippen LogP contribution in [0.3, 0.4) is 0 Å². The third-order valence-corrected chi connectivity index (χ3v) is 4.35. The molecule has 0 radical (unpaired) electrons. The first-order valence-electron chi connectivity index (χ1n) is 7.86. The Morgan fingerprint density at radius 2 is 2.10 bits per heavy atom. The number of hydrogen-bond acceptors (Lipinski definition) is 3. The third-order valence-electron chi connectivity index (χ3n) is 4.35. The number of piperidine rings is 1. The van der Waals surface area contributed by atoms with Crippen molar-refractivity contribution in [2.75, 3.05) is 26.8 Å². The van der Waals surface area contributed by atoms with Gasteiger partial charge >= 0.3 is 0 Å². The molecular formula is C17H25NO2. The zero-order valence-electron chi connectivity index (χ0n) is 12.4. The predicted octanol–water partition coefficient (Wildman–Crippen LogP) is 3.03. The molecule has 110 valence electrons. The second-order valence-electron chi connectivity index (χ2n) is 6.12. The maximum Gasteiger partial charge on any atom is 0.164 e. The minimum atomic E-state index is 0.721. The average molecular weight is 275 g/mol. The number of rotatable bonds is 6. The lowest BCUT2D eigenvalue weighted by atomic mass is 9.92. The second-order valence-corrected chi connectivity index (χ2v) is 6.12. The van der Waals surface area contributed by atoms with Gasteiger partial charge in [0.05, 0.1) is 13.7 Å². The summed E-state index contributed by atoms with van der Waals surface area (Å²) in [4.78, 5) is 0. The highest BCUT2D eigenvalue weighted by Gasteiger charge is 2.24. The molecule has 1 aliphatic heterocycles. The van der Waals surface area contributed by atoms with E-state index >= 15 is 0 Å². The minimum Gasteiger partial charge on any atom is -0.493 e. The van der Waals surface area contributed by atoms with Crippen molar-refractivity contribution in [1.82, 2.24) is 5.32 Å². The van der Waals surface area contributed by atoms with Crippen LogP contribution in [0, 0.1) is 11.8 Å². The van der Waals surface area contributed by atoms with Crippen molar-refractivity contribution in [3.63, 3.8) is 0 Å². The fourth-order valence-corrected chi connectivity index (χ4v) is 2.94. The van der Waals surface area contributed by atoms with Crippen molar-refractivity contribution in [3.8, 4) is 11.5 Å². The Hall–Kier alpha value is -1.22. The van der Waals surface area contributed by atoms with Gasteiger partial charge in [-0.2, -0.15) is 0 Å². The molecule has 0 amide bonds. The minimum absolute atomic E-state index is 0.721. The van der Waals surface area contributed by atoms with Gasteiger partial charge in [-0.15, -0.1) is 0 Å². The summed E-state index contributed by atoms with van der Waals surface area (Å²) < 4.78 is 11.6. The quantitative estimate of drug-likeness (QED) is 0.865. The van der Waals surface area contributed by atoms with E-state index in [0.717, 1.165) is 42.9 Å². The zero-order chi connectivity index (χ0) is 13.8. The molecule has 1 aromatic rings. The Kier molecular flexibility index (Phi) is 4.46. The van der Waals surface area contributed by atoms with Gasteiger partial charge in [0.25, 0.3) is 0 Å². The largest absolute Gasteiger partial charge is 0.493 e. The van der Waals surface area contributed by atoms with Gasteiger partial charge in [0.2, 0.25) is 0 Å². The van der Waals surface area contributed by atoms with Gasteiger partial charge in [0.15, 0.2) is 11.5 Å². The van der Waals surface area contributed by atoms with Crippen LogP contribution in [-0.4, -0.2) is 26.8 Å². The van der Waals surface area contributed by atoms with E-state index in [1.807, 2.05) is 6.07 Å². The van der Waals surface area contributed by atoms with Crippen LogP contribution >= 0.6 is 0 Å². The molecule has 0 bridgehead atoms. The molecule has 1 unspecified atom stereocenters. The molecule has 3 rings (SSSR count). The summed E-state index contributed by atoms with van der Waals surface area (Å²) in [5.41, 5.74) is 1.30. The average Bonchev–Trinajstić information content (AvgIpc) is 3.31. The molecule has 20 heavy (non-hydrogen) atoms. The van der Waals surface area contributed by atoms with Crippen LogP contribution in [0.15, 0.2) is 18.2 Å². The maximum atomic E-state index is 6.08. The fraction of sp³-hybridized carbons (Fsp3) is 0.647. The first-order chi connectivity index (χ1) is 9.86. The lowest BCUT2D eigenvalue weighted by molar-refractivity contribution is 0.274. The van der Waals surface area contributed by atoms with Gasteiger partial charge in [-0.3, -0.25) is 0 Å². The highest BCUT2D eigenvalue weighted by atomic mass is 16.5. The SMILES string of the molecule is COc1cccc(CC2CCCNC2)c1OCC1CC1. The summed E-state index contributed by atoms with van der Waals surface area (Å²) in [6.07, 6.45) is 6.32. The fourth-order valence-electron chi connectivity index (χ4n) is 2.94. The molecule has 1 aliphatic carbocycles. The molecule has 0 aromatic heterocycles. The van der Waals surface area contributed by atoms with E-state index in [0.29, 0.717) is 0 Å². The standard InChI is InChI=1S/C17H25NO2/c1-19-16-6-2-5-15(10-14-4-3-9-18-11-14)17(16)20-12-13-7-8-13/h2,5-6,13-14,18H,3-4,7-12H2,1H3. The summed E-state index contributed by atoms with van der Waals surface area (Å²) in [5.74, 6) is 3.35. The molecule has 3 heteroatoms. The van der Waals surface area contributed by atoms with Gasteiger partial charge in [0, 0.05) is 0 Å². The van der Waals surface area contributed by atoms with E-state index in [1.54, 1.807) is 7.11 Å². The summed E-state index contributed by atoms with van der Waals surface area (Å²) in [6.45, 7) is 3.13. The lowest BCUT2D eigenvalue weighted by Gasteiger charge is -2.24. The molecule has 1 heterocycles. The van der Waals surface area contributed by atoms with Crippen molar-refractivity contribution in [3.05, 3.63) is 23.8 Å². The molecular weight excluding hydrogens is 250 g/mol. The van der Waals surface area contributed by atoms with Crippen LogP contribution in [0.25, 0.3) is 0 Å². The van der Waals surface area contributed by atoms with Crippen LogP contribution in [0.5, 0.6) is 11.5 Å². The van der Waals surface area contributed by atoms with Crippen LogP contribution in [-0.2, 0) is 6.42 Å². The van der Waals surface area contributed by atoms with Gasteiger partial charge in [-0.1, -0.05) is 12.1 Å². The highest BCUT2D eigenvalue weighted by molar-refractivity contribution is 5.47. The zero-order valence-corrected chi connectivity index (χ0v) is 12.4. The first kappa shape index (κ1) is 13.7. The molecule has 2 fully saturated rings. The predicted molar refractivity (Wildman–Crippen MR) is 80.5 cm³/mol. The second kappa shape index (κ2) is 6.49. The van der Waals surface area contributed by atoms with Gasteiger partial charge in [0.1, 0.15) is 0 Å². The Bertz CT molecular complexity index is 437. The highest BCUT2D eigenvalue weighted by Crippen LogP contribution is 2.36. The number of hydrogen-bond donors (Lipinski definition) is 1. The normalized spacial score (nSPS) is 22.6. The van der Waals surface area contributed by atoms with Gasteiger partial charge in [-0.05, 0) is 68.7 Å². The van der Waals surface area contributed by atoms with Crippen molar-refractivity contribution in [2.24, 2.45) is 11.8 Å². The summed E-state index contributed by atoms with van der Waals surface area (Å²) in [7, 11) is 1.73. The van der Waals surface area contributed by atoms with Crippen LogP contribution in [0.1, 0.15) is 31.2 Å². The number of methoxy groups -OCH3 is 1. The molecule has 3 nitrogen and oxygen atoms in total. The molecule has 2 aliphatic rings. The van der Waals surface area contributed by atoms with Crippen molar-refractivity contribution >= 4 is 0 Å². The van der Waals surface area contributed by atoms with Crippen molar-refractivity contribution < 1.29 is 9.47 Å². The van der Waals surface area contributed by atoms with E-state index in [4.69, 9.17) is 9.47 Å². The number of benzene rings is 1. The number of ether oxygens (including phenoxy) is 2. The van der Waals surface area contributed by atoms with Crippen LogP contribution < -0.4 is 14.8 Å². The monoisotopic (exact) mass is 275 g/mol. The Morgan fingerprint density at radius 3 is 2.80 bits per heavy atom. The summed E-state index contributed by atoms with van der Waals surface area (Å²) in [6, 6.07) is 6.28. The molecule has 1 N–H and O–H groups in total. The Balaban J connectivity index is 1.72. The molecule has 0 spiro atoms. The van der Waals surface area contributed by atoms with E-state index in [9.17, 15) is 0 Å². The van der Waals surface area contributed by atoms with Crippen LogP contribution in [0.2, 0.25) is 0 Å². The maximum absolute atomic E-state index is 6.08. The Morgan fingerprint density at radius 1 is 1.20 bits per heavy atom. The lowest BCUT2D eigenvalue weighted by Crippen LogP contribution is -2.30. The molecule has 1 saturated carbocycles. The molecule has 1 atom stereocenters. The van der Waals surface area contributed by atoms with Gasteiger partial charge in [-0.25, -0.2) is 0 Å². The smallest absolute Gasteiger partial charge is 0.164 e. The molecule has 1 aromatic carbocycles. The topological polar surface area (TPSA) is 30.5 Å². The van der Waals surface area contributed by atoms with E-state index in [2.05, 4.69) is 17.4 Å². The number of nitrogens with one attached hydrogen (secondary N) is 1. The number of para-hydroxylation sites is 1. The summed E-state index contributed by atoms with van der Waals surface area (Å²) in [5, 5.41) is 3.49. The summed E-state index contributed by atoms with van der Waals surface area (Å²) >= 11 is 0. The van der Waals surface area contributed by atoms with E-state index < -0.39 is 0 Å². The van der Waals surface area contributed by atoms with Crippen molar-refractivity contribution in [2.45, 2.75) is 32.1 Å². The third kappa shape index (κ3) is 3.45. The van der Waals surface area contributed by atoms with E-state index in [1.165, 1.54) is 37.8 Å². The first-order valence-corrected chi connectivity index (χ1v) is 7.86. The van der Waals surface area contributed by atoms with Crippen molar-refractivity contribution in [1.29, 1.82) is 0 Å². The van der Waals surface area contributed by atoms with Crippen LogP contribution in [0.4, 0.5) is 0 Å². The molecule has 1 saturated heterocycles.